The van der Waals surface area contributed by atoms with E-state index >= 15 is 0 Å². The van der Waals surface area contributed by atoms with Crippen molar-refractivity contribution >= 4 is 44.7 Å². The number of amidine groups is 1. The number of nitrogens with two attached hydrogens (primary N) is 1. The monoisotopic (exact) mass is 371 g/mol. The van der Waals surface area contributed by atoms with Gasteiger partial charge in [0.1, 0.15) is 5.84 Å². The first-order valence-electron chi connectivity index (χ1n) is 6.00. The highest BCUT2D eigenvalue weighted by Crippen LogP contribution is 2.23. The largest absolute Gasteiger partial charge is 0.384 e. The summed E-state index contributed by atoms with van der Waals surface area (Å²) < 4.78 is 1.12. The Labute approximate surface area is 136 Å². The van der Waals surface area contributed by atoms with Crippen LogP contribution < -0.4 is 5.73 Å². The van der Waals surface area contributed by atoms with E-state index in [4.69, 9.17) is 22.7 Å². The van der Waals surface area contributed by atoms with Gasteiger partial charge in [0.25, 0.3) is 0 Å². The number of benzene rings is 1. The maximum absolute atomic E-state index is 7.40. The van der Waals surface area contributed by atoms with Gasteiger partial charge in [0, 0.05) is 38.4 Å². The minimum atomic E-state index is 0.0373. The molecule has 6 heteroatoms. The van der Waals surface area contributed by atoms with E-state index < -0.39 is 0 Å². The number of hydrogen-bond acceptors (Lipinski definition) is 3. The summed E-state index contributed by atoms with van der Waals surface area (Å²) in [5, 5.41) is 10.1. The number of halogens is 2. The van der Waals surface area contributed by atoms with Crippen molar-refractivity contribution < 1.29 is 0 Å². The molecule has 0 saturated heterocycles. The van der Waals surface area contributed by atoms with Gasteiger partial charge in [-0.1, -0.05) is 23.7 Å². The van der Waals surface area contributed by atoms with Gasteiger partial charge in [0.2, 0.25) is 0 Å². The quantitative estimate of drug-likeness (QED) is 0.614. The molecule has 1 aromatic carbocycles. The van der Waals surface area contributed by atoms with Crippen LogP contribution in [0.4, 0.5) is 0 Å². The summed E-state index contributed by atoms with van der Waals surface area (Å²) in [5.74, 6) is 0.0373. The standard InChI is InChI=1S/C14H15BrClN3S/c1-19(7-12-5-11(15)8-20-12)6-10-3-2-9(14(17)18)4-13(10)16/h2-5,8H,6-7H2,1H3,(H3,17,18). The maximum Gasteiger partial charge on any atom is 0.122 e. The van der Waals surface area contributed by atoms with Crippen LogP contribution in [0.25, 0.3) is 0 Å². The lowest BCUT2D eigenvalue weighted by Gasteiger charge is -2.17. The van der Waals surface area contributed by atoms with E-state index in [0.717, 1.165) is 23.1 Å². The Kier molecular flexibility index (Phi) is 5.21. The van der Waals surface area contributed by atoms with E-state index in [1.54, 1.807) is 17.4 Å². The van der Waals surface area contributed by atoms with Gasteiger partial charge in [0.05, 0.1) is 0 Å². The van der Waals surface area contributed by atoms with E-state index in [1.165, 1.54) is 4.88 Å². The van der Waals surface area contributed by atoms with Crippen molar-refractivity contribution in [2.75, 3.05) is 7.05 Å². The molecule has 3 N–H and O–H groups in total. The van der Waals surface area contributed by atoms with E-state index in [0.29, 0.717) is 10.6 Å². The first kappa shape index (κ1) is 15.5. The third kappa shape index (κ3) is 4.06. The van der Waals surface area contributed by atoms with Gasteiger partial charge in [-0.3, -0.25) is 10.3 Å². The molecule has 2 aromatic rings. The van der Waals surface area contributed by atoms with E-state index in [1.807, 2.05) is 12.1 Å². The molecule has 0 aliphatic rings. The normalized spacial score (nSPS) is 11.0. The first-order chi connectivity index (χ1) is 9.45. The van der Waals surface area contributed by atoms with Crippen LogP contribution in [0.3, 0.4) is 0 Å². The zero-order valence-electron chi connectivity index (χ0n) is 11.0. The number of thiophene rings is 1. The van der Waals surface area contributed by atoms with Crippen molar-refractivity contribution in [3.05, 3.63) is 55.1 Å². The van der Waals surface area contributed by atoms with Crippen molar-refractivity contribution in [3.63, 3.8) is 0 Å². The van der Waals surface area contributed by atoms with Crippen LogP contribution in [0.2, 0.25) is 5.02 Å². The number of nitrogens with one attached hydrogen (secondary N) is 1. The molecule has 0 aliphatic heterocycles. The summed E-state index contributed by atoms with van der Waals surface area (Å²) in [6, 6.07) is 7.63. The van der Waals surface area contributed by atoms with Crippen molar-refractivity contribution in [1.29, 1.82) is 5.41 Å². The van der Waals surface area contributed by atoms with Gasteiger partial charge in [-0.2, -0.15) is 0 Å². The van der Waals surface area contributed by atoms with E-state index in [2.05, 4.69) is 39.3 Å². The lowest BCUT2D eigenvalue weighted by Crippen LogP contribution is -2.17. The summed E-state index contributed by atoms with van der Waals surface area (Å²) >= 11 is 11.4. The van der Waals surface area contributed by atoms with Crippen LogP contribution >= 0.6 is 38.9 Å². The van der Waals surface area contributed by atoms with Gasteiger partial charge in [-0.05, 0) is 40.7 Å². The lowest BCUT2D eigenvalue weighted by atomic mass is 10.1. The average molecular weight is 373 g/mol. The Balaban J connectivity index is 2.04. The highest BCUT2D eigenvalue weighted by atomic mass is 79.9. The second-order valence-corrected chi connectivity index (χ2v) is 6.94. The second-order valence-electron chi connectivity index (χ2n) is 4.62. The molecule has 0 atom stereocenters. The summed E-state index contributed by atoms with van der Waals surface area (Å²) in [5.41, 5.74) is 7.14. The molecule has 0 saturated carbocycles. The van der Waals surface area contributed by atoms with Gasteiger partial charge < -0.3 is 5.73 Å². The molecule has 0 bridgehead atoms. The lowest BCUT2D eigenvalue weighted by molar-refractivity contribution is 0.322. The van der Waals surface area contributed by atoms with Crippen LogP contribution in [0.1, 0.15) is 16.0 Å². The molecular formula is C14H15BrClN3S. The fraction of sp³-hybridized carbons (Fsp3) is 0.214. The van der Waals surface area contributed by atoms with E-state index in [9.17, 15) is 0 Å². The maximum atomic E-state index is 7.40. The molecule has 0 amide bonds. The smallest absolute Gasteiger partial charge is 0.122 e. The fourth-order valence-electron chi connectivity index (χ4n) is 1.89. The summed E-state index contributed by atoms with van der Waals surface area (Å²) in [7, 11) is 2.06. The third-order valence-electron chi connectivity index (χ3n) is 2.85. The fourth-order valence-corrected chi connectivity index (χ4v) is 3.66. The van der Waals surface area contributed by atoms with Gasteiger partial charge in [-0.15, -0.1) is 11.3 Å². The number of hydrogen-bond donors (Lipinski definition) is 2. The predicted molar refractivity (Wildman–Crippen MR) is 89.7 cm³/mol. The Morgan fingerprint density at radius 2 is 2.15 bits per heavy atom. The van der Waals surface area contributed by atoms with Gasteiger partial charge in [-0.25, -0.2) is 0 Å². The van der Waals surface area contributed by atoms with Crippen LogP contribution in [-0.2, 0) is 13.1 Å². The predicted octanol–water partition coefficient (Wildman–Crippen LogP) is 4.08. The van der Waals surface area contributed by atoms with Crippen LogP contribution in [-0.4, -0.2) is 17.8 Å². The molecule has 0 fully saturated rings. The highest BCUT2D eigenvalue weighted by molar-refractivity contribution is 9.10. The summed E-state index contributed by atoms with van der Waals surface area (Å²) in [4.78, 5) is 3.50. The van der Waals surface area contributed by atoms with Crippen molar-refractivity contribution in [2.45, 2.75) is 13.1 Å². The highest BCUT2D eigenvalue weighted by Gasteiger charge is 2.08. The van der Waals surface area contributed by atoms with Crippen LogP contribution in [0.5, 0.6) is 0 Å². The Hall–Kier alpha value is -0.880. The summed E-state index contributed by atoms with van der Waals surface area (Å²) in [6.07, 6.45) is 0. The number of nitrogens with zero attached hydrogens (tertiary/aromatic N) is 1. The van der Waals surface area contributed by atoms with Crippen molar-refractivity contribution in [1.82, 2.24) is 4.90 Å². The minimum Gasteiger partial charge on any atom is -0.384 e. The average Bonchev–Trinajstić information content (AvgIpc) is 2.77. The molecule has 0 radical (unpaired) electrons. The SMILES string of the molecule is CN(Cc1cc(Br)cs1)Cc1ccc(C(=N)N)cc1Cl. The number of nitrogen functional groups attached to an aromatic ring is 1. The Morgan fingerprint density at radius 1 is 1.40 bits per heavy atom. The summed E-state index contributed by atoms with van der Waals surface area (Å²) in [6.45, 7) is 1.63. The molecule has 1 heterocycles. The van der Waals surface area contributed by atoms with Gasteiger partial charge >= 0.3 is 0 Å². The third-order valence-corrected chi connectivity index (χ3v) is 4.89. The zero-order chi connectivity index (χ0) is 14.7. The Bertz CT molecular complexity index is 627. The van der Waals surface area contributed by atoms with Crippen LogP contribution in [0.15, 0.2) is 34.1 Å². The molecule has 0 spiro atoms. The first-order valence-corrected chi connectivity index (χ1v) is 8.05. The zero-order valence-corrected chi connectivity index (χ0v) is 14.1. The minimum absolute atomic E-state index is 0.0373. The molecular weight excluding hydrogens is 358 g/mol. The molecule has 106 valence electrons. The van der Waals surface area contributed by atoms with Crippen molar-refractivity contribution in [3.8, 4) is 0 Å². The van der Waals surface area contributed by atoms with E-state index in [-0.39, 0.29) is 5.84 Å². The molecule has 1 aromatic heterocycles. The van der Waals surface area contributed by atoms with Crippen LogP contribution in [0, 0.1) is 5.41 Å². The Morgan fingerprint density at radius 3 is 2.70 bits per heavy atom. The topological polar surface area (TPSA) is 53.1 Å². The second kappa shape index (κ2) is 6.72. The molecule has 2 rings (SSSR count). The number of rotatable bonds is 5. The molecule has 3 nitrogen and oxygen atoms in total. The molecule has 0 aliphatic carbocycles. The molecule has 0 unspecified atom stereocenters. The van der Waals surface area contributed by atoms with Gasteiger partial charge in [0.15, 0.2) is 0 Å². The van der Waals surface area contributed by atoms with Crippen molar-refractivity contribution in [2.24, 2.45) is 5.73 Å². The molecule has 20 heavy (non-hydrogen) atoms.